The predicted octanol–water partition coefficient (Wildman–Crippen LogP) is 2.83. The van der Waals surface area contributed by atoms with E-state index < -0.39 is 0 Å². The van der Waals surface area contributed by atoms with Crippen molar-refractivity contribution < 1.29 is 4.74 Å². The summed E-state index contributed by atoms with van der Waals surface area (Å²) in [5.41, 5.74) is 1.32. The van der Waals surface area contributed by atoms with Crippen LogP contribution in [-0.2, 0) is 6.42 Å². The molecule has 0 saturated carbocycles. The van der Waals surface area contributed by atoms with Gasteiger partial charge in [0.15, 0.2) is 0 Å². The number of nitrogens with zero attached hydrogens (tertiary/aromatic N) is 1. The van der Waals surface area contributed by atoms with E-state index in [2.05, 4.69) is 45.2 Å². The van der Waals surface area contributed by atoms with Gasteiger partial charge in [-0.05, 0) is 56.6 Å². The Labute approximate surface area is 129 Å². The molecule has 2 atom stereocenters. The number of hydrogen-bond donors (Lipinski definition) is 1. The van der Waals surface area contributed by atoms with Gasteiger partial charge in [-0.25, -0.2) is 0 Å². The summed E-state index contributed by atoms with van der Waals surface area (Å²) in [4.78, 5) is 2.58. The third-order valence-electron chi connectivity index (χ3n) is 4.34. The Morgan fingerprint density at radius 3 is 3.00 bits per heavy atom. The largest absolute Gasteiger partial charge is 0.488 e. The maximum Gasteiger partial charge on any atom is 0.123 e. The van der Waals surface area contributed by atoms with Crippen LogP contribution in [-0.4, -0.2) is 43.2 Å². The van der Waals surface area contributed by atoms with Gasteiger partial charge in [-0.1, -0.05) is 15.9 Å². The molecule has 0 bridgehead atoms. The van der Waals surface area contributed by atoms with E-state index in [1.165, 1.54) is 31.5 Å². The van der Waals surface area contributed by atoms with Crippen molar-refractivity contribution in [3.63, 3.8) is 0 Å². The minimum atomic E-state index is 0.282. The third-order valence-corrected chi connectivity index (χ3v) is 4.83. The lowest BCUT2D eigenvalue weighted by atomic mass is 10.1. The minimum Gasteiger partial charge on any atom is -0.488 e. The van der Waals surface area contributed by atoms with Gasteiger partial charge in [-0.3, -0.25) is 4.90 Å². The second kappa shape index (κ2) is 6.46. The van der Waals surface area contributed by atoms with Gasteiger partial charge >= 0.3 is 0 Å². The fraction of sp³-hybridized carbons (Fsp3) is 0.625. The Morgan fingerprint density at radius 1 is 1.40 bits per heavy atom. The molecule has 4 heteroatoms. The number of rotatable bonds is 5. The van der Waals surface area contributed by atoms with Crippen molar-refractivity contribution in [2.24, 2.45) is 0 Å². The zero-order valence-electron chi connectivity index (χ0n) is 12.1. The molecule has 1 fully saturated rings. The number of fused-ring (bicyclic) bond motifs is 1. The summed E-state index contributed by atoms with van der Waals surface area (Å²) < 4.78 is 7.11. The van der Waals surface area contributed by atoms with E-state index in [0.29, 0.717) is 6.04 Å². The van der Waals surface area contributed by atoms with E-state index in [1.54, 1.807) is 0 Å². The summed E-state index contributed by atoms with van der Waals surface area (Å²) >= 11 is 3.52. The Balaban J connectivity index is 1.42. The number of likely N-dealkylation sites (tertiary alicyclic amines) is 1. The standard InChI is InChI=1S/C16H23BrN2O/c1-12(19-6-2-3-7-19)10-18-11-15-9-13-8-14(17)4-5-16(13)20-15/h4-5,8,12,15,18H,2-3,6-7,9-11H2,1H3. The number of benzene rings is 1. The molecule has 2 aliphatic rings. The van der Waals surface area contributed by atoms with E-state index in [-0.39, 0.29) is 6.10 Å². The maximum atomic E-state index is 5.97. The van der Waals surface area contributed by atoms with Crippen LogP contribution in [0.15, 0.2) is 22.7 Å². The summed E-state index contributed by atoms with van der Waals surface area (Å²) in [5, 5.41) is 3.58. The molecular formula is C16H23BrN2O. The van der Waals surface area contributed by atoms with E-state index in [1.807, 2.05) is 6.07 Å². The third kappa shape index (κ3) is 3.35. The van der Waals surface area contributed by atoms with E-state index >= 15 is 0 Å². The van der Waals surface area contributed by atoms with E-state index in [9.17, 15) is 0 Å². The first-order valence-electron chi connectivity index (χ1n) is 7.62. The topological polar surface area (TPSA) is 24.5 Å². The van der Waals surface area contributed by atoms with Gasteiger partial charge in [0.2, 0.25) is 0 Å². The minimum absolute atomic E-state index is 0.282. The molecular weight excluding hydrogens is 316 g/mol. The molecule has 0 amide bonds. The number of halogens is 1. The summed E-state index contributed by atoms with van der Waals surface area (Å²) in [6.45, 7) is 6.84. The number of ether oxygens (including phenoxy) is 1. The summed E-state index contributed by atoms with van der Waals surface area (Å²) in [6, 6.07) is 6.91. The quantitative estimate of drug-likeness (QED) is 0.893. The van der Waals surface area contributed by atoms with Gasteiger partial charge in [0.05, 0.1) is 0 Å². The molecule has 20 heavy (non-hydrogen) atoms. The Kier molecular flexibility index (Phi) is 4.64. The van der Waals surface area contributed by atoms with Crippen molar-refractivity contribution in [1.29, 1.82) is 0 Å². The van der Waals surface area contributed by atoms with E-state index in [0.717, 1.165) is 29.7 Å². The lowest BCUT2D eigenvalue weighted by Crippen LogP contribution is -2.41. The molecule has 3 rings (SSSR count). The SMILES string of the molecule is CC(CNCC1Cc2cc(Br)ccc2O1)N1CCCC1. The van der Waals surface area contributed by atoms with Crippen molar-refractivity contribution in [2.45, 2.75) is 38.3 Å². The Bertz CT molecular complexity index is 460. The molecule has 2 heterocycles. The summed E-state index contributed by atoms with van der Waals surface area (Å²) in [7, 11) is 0. The van der Waals surface area contributed by atoms with Gasteiger partial charge in [0.25, 0.3) is 0 Å². The molecule has 110 valence electrons. The van der Waals surface area contributed by atoms with Crippen LogP contribution >= 0.6 is 15.9 Å². The molecule has 0 spiro atoms. The van der Waals surface area contributed by atoms with Gasteiger partial charge in [-0.2, -0.15) is 0 Å². The average molecular weight is 339 g/mol. The van der Waals surface area contributed by atoms with Crippen LogP contribution in [0, 0.1) is 0 Å². The first-order valence-corrected chi connectivity index (χ1v) is 8.41. The highest BCUT2D eigenvalue weighted by Crippen LogP contribution is 2.30. The molecule has 0 aliphatic carbocycles. The van der Waals surface area contributed by atoms with Crippen molar-refractivity contribution in [3.8, 4) is 5.75 Å². The highest BCUT2D eigenvalue weighted by atomic mass is 79.9. The van der Waals surface area contributed by atoms with Crippen molar-refractivity contribution in [2.75, 3.05) is 26.2 Å². The van der Waals surface area contributed by atoms with Crippen LogP contribution in [0.4, 0.5) is 0 Å². The van der Waals surface area contributed by atoms with E-state index in [4.69, 9.17) is 4.74 Å². The highest BCUT2D eigenvalue weighted by Gasteiger charge is 2.23. The fourth-order valence-electron chi connectivity index (χ4n) is 3.17. The van der Waals surface area contributed by atoms with Crippen molar-refractivity contribution >= 4 is 15.9 Å². The fourth-order valence-corrected chi connectivity index (χ4v) is 3.58. The second-order valence-electron chi connectivity index (χ2n) is 5.95. The molecule has 1 N–H and O–H groups in total. The molecule has 1 aromatic carbocycles. The summed E-state index contributed by atoms with van der Waals surface area (Å²) in [5.74, 6) is 1.05. The number of nitrogens with one attached hydrogen (secondary N) is 1. The van der Waals surface area contributed by atoms with Crippen LogP contribution in [0.3, 0.4) is 0 Å². The first kappa shape index (κ1) is 14.4. The van der Waals surface area contributed by atoms with Crippen LogP contribution in [0.2, 0.25) is 0 Å². The zero-order chi connectivity index (χ0) is 13.9. The smallest absolute Gasteiger partial charge is 0.123 e. The molecule has 0 radical (unpaired) electrons. The zero-order valence-corrected chi connectivity index (χ0v) is 13.7. The van der Waals surface area contributed by atoms with Gasteiger partial charge in [0, 0.05) is 30.0 Å². The average Bonchev–Trinajstić information content (AvgIpc) is 3.06. The van der Waals surface area contributed by atoms with Gasteiger partial charge in [-0.15, -0.1) is 0 Å². The lowest BCUT2D eigenvalue weighted by molar-refractivity contribution is 0.210. The molecule has 2 unspecified atom stereocenters. The van der Waals surface area contributed by atoms with Crippen LogP contribution < -0.4 is 10.1 Å². The molecule has 0 aromatic heterocycles. The van der Waals surface area contributed by atoms with Crippen molar-refractivity contribution in [1.82, 2.24) is 10.2 Å². The predicted molar refractivity (Wildman–Crippen MR) is 85.4 cm³/mol. The molecule has 3 nitrogen and oxygen atoms in total. The first-order chi connectivity index (χ1) is 9.72. The van der Waals surface area contributed by atoms with Gasteiger partial charge < -0.3 is 10.1 Å². The van der Waals surface area contributed by atoms with Gasteiger partial charge in [0.1, 0.15) is 11.9 Å². The second-order valence-corrected chi connectivity index (χ2v) is 6.86. The Hall–Kier alpha value is -0.580. The van der Waals surface area contributed by atoms with Crippen LogP contribution in [0.1, 0.15) is 25.3 Å². The number of hydrogen-bond acceptors (Lipinski definition) is 3. The maximum absolute atomic E-state index is 5.97. The van der Waals surface area contributed by atoms with Crippen LogP contribution in [0.25, 0.3) is 0 Å². The normalized spacial score (nSPS) is 23.6. The van der Waals surface area contributed by atoms with Crippen molar-refractivity contribution in [3.05, 3.63) is 28.2 Å². The molecule has 1 aromatic rings. The monoisotopic (exact) mass is 338 g/mol. The van der Waals surface area contributed by atoms with Crippen LogP contribution in [0.5, 0.6) is 5.75 Å². The molecule has 1 saturated heterocycles. The summed E-state index contributed by atoms with van der Waals surface area (Å²) in [6.07, 6.45) is 4.02. The highest BCUT2D eigenvalue weighted by molar-refractivity contribution is 9.10. The molecule has 2 aliphatic heterocycles. The lowest BCUT2D eigenvalue weighted by Gasteiger charge is -2.24. The Morgan fingerprint density at radius 2 is 2.20 bits per heavy atom.